The van der Waals surface area contributed by atoms with Crippen LogP contribution in [-0.2, 0) is 10.0 Å². The number of methoxy groups -OCH3 is 1. The molecule has 0 saturated heterocycles. The Hall–Kier alpha value is -1.31. The number of nitrogens with two attached hydrogens (primary N) is 1. The van der Waals surface area contributed by atoms with E-state index < -0.39 is 10.0 Å². The first kappa shape index (κ1) is 15.1. The second-order valence-electron chi connectivity index (χ2n) is 5.18. The Morgan fingerprint density at radius 2 is 2.10 bits per heavy atom. The molecule has 0 heterocycles. The molecule has 0 bridgehead atoms. The SMILES string of the molecule is COc1cc(S(=O)(=O)N(C)CC2CC(O)C2)ccc1N. The van der Waals surface area contributed by atoms with Gasteiger partial charge in [0.25, 0.3) is 0 Å². The minimum Gasteiger partial charge on any atom is -0.495 e. The predicted molar refractivity (Wildman–Crippen MR) is 76.0 cm³/mol. The highest BCUT2D eigenvalue weighted by Gasteiger charge is 2.31. The van der Waals surface area contributed by atoms with Gasteiger partial charge in [0.2, 0.25) is 10.0 Å². The molecule has 0 aliphatic heterocycles. The number of hydrogen-bond donors (Lipinski definition) is 2. The summed E-state index contributed by atoms with van der Waals surface area (Å²) in [6.45, 7) is 0.409. The molecule has 1 aliphatic carbocycles. The zero-order valence-electron chi connectivity index (χ0n) is 11.6. The van der Waals surface area contributed by atoms with Crippen LogP contribution in [0.25, 0.3) is 0 Å². The number of anilines is 1. The summed E-state index contributed by atoms with van der Waals surface area (Å²) in [5, 5.41) is 9.25. The van der Waals surface area contributed by atoms with Crippen molar-refractivity contribution in [1.29, 1.82) is 0 Å². The zero-order chi connectivity index (χ0) is 14.9. The van der Waals surface area contributed by atoms with E-state index in [-0.39, 0.29) is 16.9 Å². The Morgan fingerprint density at radius 1 is 1.45 bits per heavy atom. The number of benzene rings is 1. The minimum absolute atomic E-state index is 0.158. The largest absolute Gasteiger partial charge is 0.495 e. The molecule has 1 aromatic rings. The number of ether oxygens (including phenoxy) is 1. The molecule has 112 valence electrons. The van der Waals surface area contributed by atoms with E-state index in [4.69, 9.17) is 10.5 Å². The maximum absolute atomic E-state index is 12.4. The number of aliphatic hydroxyl groups is 1. The van der Waals surface area contributed by atoms with Gasteiger partial charge in [-0.05, 0) is 30.9 Å². The van der Waals surface area contributed by atoms with Gasteiger partial charge in [0.15, 0.2) is 0 Å². The highest BCUT2D eigenvalue weighted by atomic mass is 32.2. The highest BCUT2D eigenvalue weighted by Crippen LogP contribution is 2.30. The molecule has 1 saturated carbocycles. The van der Waals surface area contributed by atoms with E-state index >= 15 is 0 Å². The molecule has 0 amide bonds. The lowest BCUT2D eigenvalue weighted by Crippen LogP contribution is -2.39. The first-order valence-corrected chi connectivity index (χ1v) is 7.86. The highest BCUT2D eigenvalue weighted by molar-refractivity contribution is 7.89. The summed E-state index contributed by atoms with van der Waals surface area (Å²) >= 11 is 0. The smallest absolute Gasteiger partial charge is 0.242 e. The second-order valence-corrected chi connectivity index (χ2v) is 7.23. The van der Waals surface area contributed by atoms with Crippen molar-refractivity contribution < 1.29 is 18.3 Å². The van der Waals surface area contributed by atoms with Crippen LogP contribution in [0.2, 0.25) is 0 Å². The summed E-state index contributed by atoms with van der Waals surface area (Å²) in [5.41, 5.74) is 6.08. The number of sulfonamides is 1. The summed E-state index contributed by atoms with van der Waals surface area (Å²) < 4.78 is 31.2. The van der Waals surface area contributed by atoms with Crippen LogP contribution in [0.3, 0.4) is 0 Å². The predicted octanol–water partition coefficient (Wildman–Crippen LogP) is 0.669. The maximum Gasteiger partial charge on any atom is 0.242 e. The fourth-order valence-electron chi connectivity index (χ4n) is 2.34. The third-order valence-corrected chi connectivity index (χ3v) is 5.46. The van der Waals surface area contributed by atoms with Crippen LogP contribution >= 0.6 is 0 Å². The van der Waals surface area contributed by atoms with Crippen LogP contribution in [0.1, 0.15) is 12.8 Å². The molecule has 0 atom stereocenters. The number of nitrogen functional groups attached to an aromatic ring is 1. The van der Waals surface area contributed by atoms with Crippen molar-refractivity contribution in [3.05, 3.63) is 18.2 Å². The molecule has 0 unspecified atom stereocenters. The molecule has 0 spiro atoms. The normalized spacial score (nSPS) is 22.6. The second kappa shape index (κ2) is 5.59. The summed E-state index contributed by atoms with van der Waals surface area (Å²) in [6, 6.07) is 4.42. The Balaban J connectivity index is 2.16. The molecule has 20 heavy (non-hydrogen) atoms. The molecule has 1 fully saturated rings. The van der Waals surface area contributed by atoms with Crippen molar-refractivity contribution in [2.24, 2.45) is 5.92 Å². The molecule has 2 rings (SSSR count). The van der Waals surface area contributed by atoms with Crippen molar-refractivity contribution in [3.63, 3.8) is 0 Å². The van der Waals surface area contributed by atoms with Gasteiger partial charge in [-0.25, -0.2) is 12.7 Å². The zero-order valence-corrected chi connectivity index (χ0v) is 12.4. The summed E-state index contributed by atoms with van der Waals surface area (Å²) in [6.07, 6.45) is 1.03. The average Bonchev–Trinajstić information content (AvgIpc) is 2.37. The van der Waals surface area contributed by atoms with Crippen molar-refractivity contribution in [2.75, 3.05) is 26.4 Å². The van der Waals surface area contributed by atoms with Gasteiger partial charge in [-0.2, -0.15) is 0 Å². The summed E-state index contributed by atoms with van der Waals surface area (Å²) in [4.78, 5) is 0.158. The monoisotopic (exact) mass is 300 g/mol. The van der Waals surface area contributed by atoms with E-state index in [1.807, 2.05) is 0 Å². The number of nitrogens with zero attached hydrogens (tertiary/aromatic N) is 1. The van der Waals surface area contributed by atoms with Crippen LogP contribution in [0.4, 0.5) is 5.69 Å². The summed E-state index contributed by atoms with van der Waals surface area (Å²) in [7, 11) is -0.570. The molecule has 1 aromatic carbocycles. The molecule has 3 N–H and O–H groups in total. The lowest BCUT2D eigenvalue weighted by atomic mass is 9.82. The van der Waals surface area contributed by atoms with Gasteiger partial charge in [0.05, 0.1) is 23.8 Å². The van der Waals surface area contributed by atoms with Gasteiger partial charge in [0.1, 0.15) is 5.75 Å². The van der Waals surface area contributed by atoms with Crippen LogP contribution in [0.15, 0.2) is 23.1 Å². The standard InChI is InChI=1S/C13H20N2O4S/c1-15(8-9-5-10(16)6-9)20(17,18)11-3-4-12(14)13(7-11)19-2/h3-4,7,9-10,16H,5-6,8,14H2,1-2H3. The first-order chi connectivity index (χ1) is 9.34. The van der Waals surface area contributed by atoms with Gasteiger partial charge in [-0.1, -0.05) is 0 Å². The maximum atomic E-state index is 12.4. The van der Waals surface area contributed by atoms with Crippen LogP contribution in [0.5, 0.6) is 5.75 Å². The average molecular weight is 300 g/mol. The molecule has 6 nitrogen and oxygen atoms in total. The molecule has 0 aromatic heterocycles. The van der Waals surface area contributed by atoms with Crippen LogP contribution in [0, 0.1) is 5.92 Å². The fourth-order valence-corrected chi connectivity index (χ4v) is 3.61. The lowest BCUT2D eigenvalue weighted by Gasteiger charge is -2.34. The third-order valence-electron chi connectivity index (χ3n) is 3.64. The first-order valence-electron chi connectivity index (χ1n) is 6.42. The molecule has 1 aliphatic rings. The van der Waals surface area contributed by atoms with Gasteiger partial charge < -0.3 is 15.6 Å². The summed E-state index contributed by atoms with van der Waals surface area (Å²) in [5.74, 6) is 0.569. The van der Waals surface area contributed by atoms with Gasteiger partial charge in [0, 0.05) is 19.7 Å². The van der Waals surface area contributed by atoms with Gasteiger partial charge >= 0.3 is 0 Å². The Kier molecular flexibility index (Phi) is 4.22. The topological polar surface area (TPSA) is 92.9 Å². The number of aliphatic hydroxyl groups excluding tert-OH is 1. The molecular weight excluding hydrogens is 280 g/mol. The Bertz CT molecular complexity index is 582. The number of hydrogen-bond acceptors (Lipinski definition) is 5. The van der Waals surface area contributed by atoms with Crippen molar-refractivity contribution in [2.45, 2.75) is 23.8 Å². The lowest BCUT2D eigenvalue weighted by molar-refractivity contribution is 0.0367. The van der Waals surface area contributed by atoms with E-state index in [0.29, 0.717) is 30.8 Å². The molecular formula is C13H20N2O4S. The van der Waals surface area contributed by atoms with Gasteiger partial charge in [-0.15, -0.1) is 0 Å². The minimum atomic E-state index is -3.56. The van der Waals surface area contributed by atoms with E-state index in [2.05, 4.69) is 0 Å². The van der Waals surface area contributed by atoms with Crippen LogP contribution in [-0.4, -0.2) is 44.6 Å². The molecule has 7 heteroatoms. The van der Waals surface area contributed by atoms with E-state index in [1.54, 1.807) is 7.05 Å². The Labute approximate surface area is 119 Å². The molecule has 0 radical (unpaired) electrons. The van der Waals surface area contributed by atoms with E-state index in [0.717, 1.165) is 0 Å². The van der Waals surface area contributed by atoms with Gasteiger partial charge in [-0.3, -0.25) is 0 Å². The van der Waals surface area contributed by atoms with Crippen molar-refractivity contribution in [1.82, 2.24) is 4.31 Å². The quantitative estimate of drug-likeness (QED) is 0.780. The van der Waals surface area contributed by atoms with Crippen LogP contribution < -0.4 is 10.5 Å². The van der Waals surface area contributed by atoms with E-state index in [9.17, 15) is 13.5 Å². The van der Waals surface area contributed by atoms with Crippen molar-refractivity contribution >= 4 is 15.7 Å². The third kappa shape index (κ3) is 2.89. The van der Waals surface area contributed by atoms with E-state index in [1.165, 1.54) is 29.6 Å². The number of rotatable bonds is 5. The Morgan fingerprint density at radius 3 is 2.65 bits per heavy atom. The van der Waals surface area contributed by atoms with Crippen molar-refractivity contribution in [3.8, 4) is 5.75 Å². The fraction of sp³-hybridized carbons (Fsp3) is 0.538.